The molecule has 0 aromatic heterocycles. The molecule has 0 aromatic carbocycles. The zero-order valence-electron chi connectivity index (χ0n) is 6.83. The van der Waals surface area contributed by atoms with Gasteiger partial charge in [0.2, 0.25) is 0 Å². The van der Waals surface area contributed by atoms with Crippen LogP contribution >= 0.6 is 12.6 Å². The van der Waals surface area contributed by atoms with Crippen molar-refractivity contribution in [2.75, 3.05) is 19.0 Å². The smallest absolute Gasteiger partial charge is 0.312 e. The molecule has 0 saturated carbocycles. The molecule has 0 amide bonds. The molecule has 11 heavy (non-hydrogen) atoms. The standard InChI is InChI=1S/C7H14O3S/c1-7(2,5-11)6(9)10-4-3-8/h8,11H,3-5H2,1-2H3. The largest absolute Gasteiger partial charge is 0.463 e. The molecule has 3 nitrogen and oxygen atoms in total. The van der Waals surface area contributed by atoms with E-state index in [-0.39, 0.29) is 19.2 Å². The highest BCUT2D eigenvalue weighted by Gasteiger charge is 2.27. The fourth-order valence-corrected chi connectivity index (χ4v) is 0.527. The lowest BCUT2D eigenvalue weighted by molar-refractivity contribution is -0.153. The summed E-state index contributed by atoms with van der Waals surface area (Å²) in [4.78, 5) is 11.1. The summed E-state index contributed by atoms with van der Waals surface area (Å²) in [6, 6.07) is 0. The number of aliphatic hydroxyl groups excluding tert-OH is 1. The Bertz CT molecular complexity index is 134. The van der Waals surface area contributed by atoms with Crippen LogP contribution < -0.4 is 0 Å². The Morgan fingerprint density at radius 2 is 2.18 bits per heavy atom. The Kier molecular flexibility index (Phi) is 4.52. The third kappa shape index (κ3) is 3.62. The molecule has 0 rings (SSSR count). The maximum Gasteiger partial charge on any atom is 0.312 e. The number of hydrogen-bond donors (Lipinski definition) is 2. The van der Waals surface area contributed by atoms with E-state index in [9.17, 15) is 4.79 Å². The van der Waals surface area contributed by atoms with Crippen molar-refractivity contribution in [3.8, 4) is 0 Å². The van der Waals surface area contributed by atoms with Gasteiger partial charge in [0.25, 0.3) is 0 Å². The maximum atomic E-state index is 11.1. The molecule has 0 bridgehead atoms. The van der Waals surface area contributed by atoms with Crippen molar-refractivity contribution in [2.24, 2.45) is 5.41 Å². The van der Waals surface area contributed by atoms with E-state index in [0.717, 1.165) is 0 Å². The number of carbonyl (C=O) groups is 1. The van der Waals surface area contributed by atoms with Gasteiger partial charge >= 0.3 is 5.97 Å². The van der Waals surface area contributed by atoms with Gasteiger partial charge in [-0.25, -0.2) is 0 Å². The fourth-order valence-electron chi connectivity index (χ4n) is 0.398. The molecular formula is C7H14O3S. The van der Waals surface area contributed by atoms with Crippen LogP contribution in [0.15, 0.2) is 0 Å². The van der Waals surface area contributed by atoms with E-state index in [1.54, 1.807) is 13.8 Å². The highest BCUT2D eigenvalue weighted by molar-refractivity contribution is 7.80. The minimum atomic E-state index is -0.557. The Morgan fingerprint density at radius 1 is 1.64 bits per heavy atom. The van der Waals surface area contributed by atoms with Crippen molar-refractivity contribution in [3.63, 3.8) is 0 Å². The van der Waals surface area contributed by atoms with E-state index in [4.69, 9.17) is 9.84 Å². The van der Waals surface area contributed by atoms with Crippen molar-refractivity contribution < 1.29 is 14.6 Å². The molecular weight excluding hydrogens is 164 g/mol. The highest BCUT2D eigenvalue weighted by Crippen LogP contribution is 2.18. The Morgan fingerprint density at radius 3 is 2.55 bits per heavy atom. The van der Waals surface area contributed by atoms with Crippen molar-refractivity contribution in [2.45, 2.75) is 13.8 Å². The molecule has 0 heterocycles. The van der Waals surface area contributed by atoms with Crippen LogP contribution in [0.4, 0.5) is 0 Å². The summed E-state index contributed by atoms with van der Waals surface area (Å²) in [5, 5.41) is 8.36. The number of ether oxygens (including phenoxy) is 1. The van der Waals surface area contributed by atoms with Gasteiger partial charge in [-0.3, -0.25) is 4.79 Å². The predicted octanol–water partition coefficient (Wildman–Crippen LogP) is 0.478. The van der Waals surface area contributed by atoms with E-state index in [2.05, 4.69) is 12.6 Å². The molecule has 0 aliphatic rings. The summed E-state index contributed by atoms with van der Waals surface area (Å²) < 4.78 is 4.71. The molecule has 0 unspecified atom stereocenters. The Labute approximate surface area is 72.2 Å². The zero-order valence-corrected chi connectivity index (χ0v) is 7.73. The molecule has 66 valence electrons. The van der Waals surface area contributed by atoms with Crippen LogP contribution in [0, 0.1) is 5.41 Å². The second kappa shape index (κ2) is 4.62. The third-order valence-corrected chi connectivity index (χ3v) is 2.06. The molecule has 0 spiro atoms. The fraction of sp³-hybridized carbons (Fsp3) is 0.857. The first-order valence-electron chi connectivity index (χ1n) is 3.43. The summed E-state index contributed by atoms with van der Waals surface area (Å²) in [5.41, 5.74) is -0.557. The second-order valence-electron chi connectivity index (χ2n) is 2.90. The van der Waals surface area contributed by atoms with Crippen LogP contribution in [0.1, 0.15) is 13.8 Å². The van der Waals surface area contributed by atoms with E-state index < -0.39 is 5.41 Å². The number of rotatable bonds is 4. The third-order valence-electron chi connectivity index (χ3n) is 1.27. The van der Waals surface area contributed by atoms with Crippen LogP contribution in [-0.4, -0.2) is 30.0 Å². The van der Waals surface area contributed by atoms with Gasteiger partial charge in [-0.1, -0.05) is 0 Å². The monoisotopic (exact) mass is 178 g/mol. The molecule has 0 atom stereocenters. The molecule has 0 aromatic rings. The first-order chi connectivity index (χ1) is 5.04. The van der Waals surface area contributed by atoms with Gasteiger partial charge in [-0.15, -0.1) is 0 Å². The van der Waals surface area contributed by atoms with Crippen molar-refractivity contribution in [1.82, 2.24) is 0 Å². The quantitative estimate of drug-likeness (QED) is 0.486. The van der Waals surface area contributed by atoms with E-state index >= 15 is 0 Å². The van der Waals surface area contributed by atoms with Gasteiger partial charge in [0.15, 0.2) is 0 Å². The average molecular weight is 178 g/mol. The second-order valence-corrected chi connectivity index (χ2v) is 3.22. The lowest BCUT2D eigenvalue weighted by Crippen LogP contribution is -2.29. The van der Waals surface area contributed by atoms with Crippen LogP contribution in [0.3, 0.4) is 0 Å². The summed E-state index contributed by atoms with van der Waals surface area (Å²) in [5.74, 6) is 0.124. The van der Waals surface area contributed by atoms with Crippen molar-refractivity contribution in [1.29, 1.82) is 0 Å². The van der Waals surface area contributed by atoms with Crippen molar-refractivity contribution in [3.05, 3.63) is 0 Å². The van der Waals surface area contributed by atoms with Gasteiger partial charge < -0.3 is 9.84 Å². The van der Waals surface area contributed by atoms with Gasteiger partial charge in [0.1, 0.15) is 6.61 Å². The van der Waals surface area contributed by atoms with Gasteiger partial charge in [0.05, 0.1) is 12.0 Å². The number of esters is 1. The number of aliphatic hydroxyl groups is 1. The van der Waals surface area contributed by atoms with Gasteiger partial charge in [0, 0.05) is 5.75 Å². The van der Waals surface area contributed by atoms with E-state index in [0.29, 0.717) is 5.75 Å². The average Bonchev–Trinajstić information content (AvgIpc) is 2.00. The van der Waals surface area contributed by atoms with E-state index in [1.807, 2.05) is 0 Å². The van der Waals surface area contributed by atoms with Crippen molar-refractivity contribution >= 4 is 18.6 Å². The molecule has 4 heteroatoms. The minimum absolute atomic E-state index is 0.0655. The topological polar surface area (TPSA) is 46.5 Å². The van der Waals surface area contributed by atoms with Crippen LogP contribution in [0.5, 0.6) is 0 Å². The summed E-state index contributed by atoms with van der Waals surface area (Å²) in [6.07, 6.45) is 0. The summed E-state index contributed by atoms with van der Waals surface area (Å²) >= 11 is 4.00. The Balaban J connectivity index is 3.82. The number of hydrogen-bond acceptors (Lipinski definition) is 4. The molecule has 0 saturated heterocycles. The maximum absolute atomic E-state index is 11.1. The van der Waals surface area contributed by atoms with Crippen LogP contribution in [0.25, 0.3) is 0 Å². The molecule has 0 aliphatic carbocycles. The van der Waals surface area contributed by atoms with E-state index in [1.165, 1.54) is 0 Å². The first-order valence-corrected chi connectivity index (χ1v) is 4.07. The minimum Gasteiger partial charge on any atom is -0.463 e. The molecule has 0 radical (unpaired) electrons. The molecule has 0 aliphatic heterocycles. The normalized spacial score (nSPS) is 11.3. The first kappa shape index (κ1) is 10.8. The number of thiol groups is 1. The van der Waals surface area contributed by atoms with Crippen LogP contribution in [-0.2, 0) is 9.53 Å². The van der Waals surface area contributed by atoms with Crippen LogP contribution in [0.2, 0.25) is 0 Å². The SMILES string of the molecule is CC(C)(CS)C(=O)OCCO. The number of carbonyl (C=O) groups excluding carboxylic acids is 1. The Hall–Kier alpha value is -0.220. The molecule has 0 fully saturated rings. The summed E-state index contributed by atoms with van der Waals surface area (Å²) in [6.45, 7) is 3.43. The van der Waals surface area contributed by atoms with Gasteiger partial charge in [-0.05, 0) is 13.8 Å². The van der Waals surface area contributed by atoms with Gasteiger partial charge in [-0.2, -0.15) is 12.6 Å². The lowest BCUT2D eigenvalue weighted by atomic mass is 9.97. The summed E-state index contributed by atoms with van der Waals surface area (Å²) in [7, 11) is 0. The predicted molar refractivity (Wildman–Crippen MR) is 45.7 cm³/mol. The molecule has 1 N–H and O–H groups in total. The highest BCUT2D eigenvalue weighted by atomic mass is 32.1. The lowest BCUT2D eigenvalue weighted by Gasteiger charge is -2.19. The zero-order chi connectivity index (χ0) is 8.91.